The van der Waals surface area contributed by atoms with Crippen LogP contribution in [-0.2, 0) is 6.54 Å². The van der Waals surface area contributed by atoms with E-state index in [0.717, 1.165) is 43.7 Å². The molecule has 1 aliphatic heterocycles. The van der Waals surface area contributed by atoms with E-state index in [-0.39, 0.29) is 5.41 Å². The lowest BCUT2D eigenvalue weighted by molar-refractivity contribution is 0.156. The van der Waals surface area contributed by atoms with Crippen LogP contribution in [0.1, 0.15) is 25.5 Å². The maximum Gasteiger partial charge on any atom is 0.0788 e. The van der Waals surface area contributed by atoms with Gasteiger partial charge in [0.05, 0.1) is 16.2 Å². The van der Waals surface area contributed by atoms with Gasteiger partial charge >= 0.3 is 0 Å². The Bertz CT molecular complexity index is 660. The third-order valence-corrected chi connectivity index (χ3v) is 5.09. The molecule has 0 spiro atoms. The first-order chi connectivity index (χ1) is 10.1. The average Bonchev–Trinajstić information content (AvgIpc) is 2.49. The number of nitrogens with two attached hydrogens (primary N) is 1. The van der Waals surface area contributed by atoms with Gasteiger partial charge in [0.25, 0.3) is 0 Å². The van der Waals surface area contributed by atoms with E-state index in [4.69, 9.17) is 22.9 Å². The highest BCUT2D eigenvalue weighted by Crippen LogP contribution is 2.31. The van der Waals surface area contributed by atoms with E-state index in [1.54, 1.807) is 0 Å². The maximum absolute atomic E-state index is 5.86. The number of thiocarbonyl (C=S) groups is 1. The number of piperidine rings is 1. The molecule has 21 heavy (non-hydrogen) atoms. The van der Waals surface area contributed by atoms with Gasteiger partial charge in [-0.3, -0.25) is 9.88 Å². The summed E-state index contributed by atoms with van der Waals surface area (Å²) >= 11 is 5.20. The summed E-state index contributed by atoms with van der Waals surface area (Å²) < 4.78 is 0. The number of fused-ring (bicyclic) bond motifs is 1. The molecule has 0 atom stereocenters. The number of benzene rings is 1. The zero-order valence-corrected chi connectivity index (χ0v) is 13.2. The summed E-state index contributed by atoms with van der Waals surface area (Å²) in [6.45, 7) is 5.14. The molecule has 110 valence electrons. The third-order valence-electron chi connectivity index (χ3n) is 4.60. The summed E-state index contributed by atoms with van der Waals surface area (Å²) in [5.41, 5.74) is 8.09. The Labute approximate surface area is 131 Å². The van der Waals surface area contributed by atoms with Crippen LogP contribution in [0, 0.1) is 5.41 Å². The second kappa shape index (κ2) is 5.70. The molecule has 1 saturated heterocycles. The van der Waals surface area contributed by atoms with Crippen molar-refractivity contribution < 1.29 is 0 Å². The van der Waals surface area contributed by atoms with Gasteiger partial charge in [-0.15, -0.1) is 0 Å². The Kier molecular flexibility index (Phi) is 3.91. The topological polar surface area (TPSA) is 42.1 Å². The van der Waals surface area contributed by atoms with E-state index in [1.807, 2.05) is 12.1 Å². The van der Waals surface area contributed by atoms with Crippen LogP contribution < -0.4 is 5.73 Å². The molecule has 3 rings (SSSR count). The van der Waals surface area contributed by atoms with Gasteiger partial charge in [-0.1, -0.05) is 43.4 Å². The highest BCUT2D eigenvalue weighted by molar-refractivity contribution is 7.80. The lowest BCUT2D eigenvalue weighted by Gasteiger charge is -2.38. The monoisotopic (exact) mass is 299 g/mol. The maximum atomic E-state index is 5.86. The first-order valence-corrected chi connectivity index (χ1v) is 7.85. The lowest BCUT2D eigenvalue weighted by Crippen LogP contribution is -2.44. The number of aromatic nitrogens is 1. The molecule has 0 amide bonds. The number of rotatable bonds is 3. The number of para-hydroxylation sites is 1. The molecule has 1 aromatic carbocycles. The summed E-state index contributed by atoms with van der Waals surface area (Å²) in [5.74, 6) is 0. The van der Waals surface area contributed by atoms with Crippen molar-refractivity contribution in [3.8, 4) is 0 Å². The van der Waals surface area contributed by atoms with Crippen LogP contribution in [-0.4, -0.2) is 28.0 Å². The van der Waals surface area contributed by atoms with E-state index in [1.165, 1.54) is 5.39 Å². The minimum Gasteiger partial charge on any atom is -0.393 e. The van der Waals surface area contributed by atoms with Gasteiger partial charge in [-0.2, -0.15) is 0 Å². The van der Waals surface area contributed by atoms with Crippen LogP contribution in [0.5, 0.6) is 0 Å². The van der Waals surface area contributed by atoms with E-state index in [9.17, 15) is 0 Å². The molecule has 1 fully saturated rings. The standard InChI is InChI=1S/C17H21N3S/c1-17(16(18)21)8-10-20(11-9-17)12-14-7-6-13-4-2-3-5-15(13)19-14/h2-7H,8-12H2,1H3,(H2,18,21). The Morgan fingerprint density at radius 1 is 1.24 bits per heavy atom. The Morgan fingerprint density at radius 3 is 2.67 bits per heavy atom. The molecule has 1 aromatic heterocycles. The zero-order chi connectivity index (χ0) is 14.9. The third kappa shape index (κ3) is 3.06. The predicted octanol–water partition coefficient (Wildman–Crippen LogP) is 3.12. The van der Waals surface area contributed by atoms with Gasteiger partial charge in [-0.05, 0) is 38.1 Å². The van der Waals surface area contributed by atoms with Gasteiger partial charge < -0.3 is 5.73 Å². The van der Waals surface area contributed by atoms with Crippen molar-refractivity contribution in [2.75, 3.05) is 13.1 Å². The van der Waals surface area contributed by atoms with Crippen LogP contribution in [0.3, 0.4) is 0 Å². The molecule has 0 bridgehead atoms. The lowest BCUT2D eigenvalue weighted by atomic mass is 9.80. The van der Waals surface area contributed by atoms with E-state index in [2.05, 4.69) is 36.1 Å². The van der Waals surface area contributed by atoms with Crippen LogP contribution in [0.2, 0.25) is 0 Å². The van der Waals surface area contributed by atoms with Crippen molar-refractivity contribution in [3.63, 3.8) is 0 Å². The predicted molar refractivity (Wildman–Crippen MR) is 91.1 cm³/mol. The highest BCUT2D eigenvalue weighted by atomic mass is 32.1. The van der Waals surface area contributed by atoms with Crippen LogP contribution >= 0.6 is 12.2 Å². The molecular weight excluding hydrogens is 278 g/mol. The number of likely N-dealkylation sites (tertiary alicyclic amines) is 1. The van der Waals surface area contributed by atoms with Crippen LogP contribution in [0.25, 0.3) is 10.9 Å². The zero-order valence-electron chi connectivity index (χ0n) is 12.4. The van der Waals surface area contributed by atoms with Crippen molar-refractivity contribution >= 4 is 28.1 Å². The summed E-state index contributed by atoms with van der Waals surface area (Å²) in [7, 11) is 0. The SMILES string of the molecule is CC1(C(N)=S)CCN(Cc2ccc3ccccc3n2)CC1. The Balaban J connectivity index is 1.68. The molecule has 0 aliphatic carbocycles. The summed E-state index contributed by atoms with van der Waals surface area (Å²) in [5, 5.41) is 1.20. The van der Waals surface area contributed by atoms with Crippen molar-refractivity contribution in [2.24, 2.45) is 11.1 Å². The largest absolute Gasteiger partial charge is 0.393 e. The number of hydrogen-bond donors (Lipinski definition) is 1. The molecule has 3 nitrogen and oxygen atoms in total. The molecule has 2 aromatic rings. The highest BCUT2D eigenvalue weighted by Gasteiger charge is 2.32. The quantitative estimate of drug-likeness (QED) is 0.884. The van der Waals surface area contributed by atoms with Gasteiger partial charge in [0.1, 0.15) is 0 Å². The molecule has 4 heteroatoms. The van der Waals surface area contributed by atoms with Gasteiger partial charge in [-0.25, -0.2) is 0 Å². The number of hydrogen-bond acceptors (Lipinski definition) is 3. The van der Waals surface area contributed by atoms with Crippen molar-refractivity contribution in [3.05, 3.63) is 42.1 Å². The first kappa shape index (κ1) is 14.4. The molecule has 1 aliphatic rings. The van der Waals surface area contributed by atoms with Crippen LogP contribution in [0.4, 0.5) is 0 Å². The van der Waals surface area contributed by atoms with Crippen molar-refractivity contribution in [1.82, 2.24) is 9.88 Å². The molecule has 2 N–H and O–H groups in total. The van der Waals surface area contributed by atoms with Crippen molar-refractivity contribution in [2.45, 2.75) is 26.3 Å². The van der Waals surface area contributed by atoms with E-state index in [0.29, 0.717) is 4.99 Å². The molecule has 2 heterocycles. The number of pyridine rings is 1. The smallest absolute Gasteiger partial charge is 0.0788 e. The fourth-order valence-electron chi connectivity index (χ4n) is 2.88. The molecule has 0 radical (unpaired) electrons. The fourth-order valence-corrected chi connectivity index (χ4v) is 3.08. The van der Waals surface area contributed by atoms with E-state index < -0.39 is 0 Å². The van der Waals surface area contributed by atoms with Crippen molar-refractivity contribution in [1.29, 1.82) is 0 Å². The minimum atomic E-state index is 0.0304. The fraction of sp³-hybridized carbons (Fsp3) is 0.412. The average molecular weight is 299 g/mol. The van der Waals surface area contributed by atoms with Gasteiger partial charge in [0, 0.05) is 17.3 Å². The Morgan fingerprint density at radius 2 is 1.95 bits per heavy atom. The van der Waals surface area contributed by atoms with Crippen LogP contribution in [0.15, 0.2) is 36.4 Å². The summed E-state index contributed by atoms with van der Waals surface area (Å²) in [4.78, 5) is 7.85. The van der Waals surface area contributed by atoms with E-state index >= 15 is 0 Å². The first-order valence-electron chi connectivity index (χ1n) is 7.44. The second-order valence-corrected chi connectivity index (χ2v) is 6.64. The molecular formula is C17H21N3S. The molecule has 0 saturated carbocycles. The summed E-state index contributed by atoms with van der Waals surface area (Å²) in [6, 6.07) is 12.5. The Hall–Kier alpha value is -1.52. The van der Waals surface area contributed by atoms with Gasteiger partial charge in [0.2, 0.25) is 0 Å². The second-order valence-electron chi connectivity index (χ2n) is 6.20. The number of nitrogens with zero attached hydrogens (tertiary/aromatic N) is 2. The summed E-state index contributed by atoms with van der Waals surface area (Å²) in [6.07, 6.45) is 2.08. The molecule has 0 unspecified atom stereocenters. The normalized spacial score (nSPS) is 18.7. The minimum absolute atomic E-state index is 0.0304. The van der Waals surface area contributed by atoms with Gasteiger partial charge in [0.15, 0.2) is 0 Å².